The molecular formula is C27H30Cl2N6O. The molecule has 36 heavy (non-hydrogen) atoms. The molecule has 1 unspecified atom stereocenters. The predicted octanol–water partition coefficient (Wildman–Crippen LogP) is 5.46. The summed E-state index contributed by atoms with van der Waals surface area (Å²) in [5.74, 6) is 1.12. The lowest BCUT2D eigenvalue weighted by Crippen LogP contribution is -2.38. The molecule has 4 aromatic rings. The van der Waals surface area contributed by atoms with Crippen LogP contribution in [0.2, 0.25) is 10.0 Å². The second-order valence-corrected chi connectivity index (χ2v) is 10.3. The van der Waals surface area contributed by atoms with Crippen molar-refractivity contribution in [1.29, 1.82) is 0 Å². The molecule has 0 saturated carbocycles. The predicted molar refractivity (Wildman–Crippen MR) is 151 cm³/mol. The van der Waals surface area contributed by atoms with Crippen molar-refractivity contribution in [3.05, 3.63) is 68.1 Å². The van der Waals surface area contributed by atoms with Crippen LogP contribution in [0.25, 0.3) is 27.9 Å². The fourth-order valence-electron chi connectivity index (χ4n) is 5.11. The summed E-state index contributed by atoms with van der Waals surface area (Å²) in [6.07, 6.45) is 6.53. The van der Waals surface area contributed by atoms with Gasteiger partial charge in [0.1, 0.15) is 0 Å². The van der Waals surface area contributed by atoms with Crippen LogP contribution in [0.3, 0.4) is 0 Å². The van der Waals surface area contributed by atoms with Crippen molar-refractivity contribution in [1.82, 2.24) is 19.4 Å². The van der Waals surface area contributed by atoms with E-state index in [0.717, 1.165) is 48.3 Å². The molecule has 0 bridgehead atoms. The number of hydrogen-bond donors (Lipinski definition) is 3. The van der Waals surface area contributed by atoms with Crippen molar-refractivity contribution in [3.63, 3.8) is 0 Å². The van der Waals surface area contributed by atoms with E-state index >= 15 is 0 Å². The van der Waals surface area contributed by atoms with Gasteiger partial charge < -0.3 is 20.6 Å². The van der Waals surface area contributed by atoms with Crippen molar-refractivity contribution in [2.75, 3.05) is 31.5 Å². The summed E-state index contributed by atoms with van der Waals surface area (Å²) in [4.78, 5) is 23.5. The van der Waals surface area contributed by atoms with Crippen LogP contribution in [0.5, 0.6) is 0 Å². The first kappa shape index (κ1) is 24.8. The number of benzene rings is 2. The van der Waals surface area contributed by atoms with Gasteiger partial charge in [-0.05, 0) is 74.0 Å². The van der Waals surface area contributed by atoms with E-state index in [1.165, 1.54) is 12.8 Å². The Hall–Kier alpha value is -2.84. The third-order valence-corrected chi connectivity index (χ3v) is 7.73. The molecule has 1 aliphatic rings. The maximum absolute atomic E-state index is 13.3. The molecule has 0 radical (unpaired) electrons. The molecule has 5 rings (SSSR count). The maximum Gasteiger partial charge on any atom is 0.258 e. The van der Waals surface area contributed by atoms with Gasteiger partial charge in [-0.2, -0.15) is 0 Å². The number of piperidine rings is 1. The largest absolute Gasteiger partial charge is 0.330 e. The lowest BCUT2D eigenvalue weighted by molar-refractivity contribution is 0.195. The number of nitrogens with two attached hydrogens (primary N) is 1. The van der Waals surface area contributed by atoms with Crippen LogP contribution in [0.1, 0.15) is 24.1 Å². The Morgan fingerprint density at radius 2 is 2.03 bits per heavy atom. The third kappa shape index (κ3) is 4.64. The van der Waals surface area contributed by atoms with Crippen molar-refractivity contribution in [2.24, 2.45) is 18.7 Å². The highest BCUT2D eigenvalue weighted by Crippen LogP contribution is 2.34. The Morgan fingerprint density at radius 1 is 1.25 bits per heavy atom. The normalized spacial score (nSPS) is 17.0. The highest BCUT2D eigenvalue weighted by atomic mass is 35.5. The van der Waals surface area contributed by atoms with Gasteiger partial charge >= 0.3 is 0 Å². The van der Waals surface area contributed by atoms with E-state index in [-0.39, 0.29) is 5.56 Å². The van der Waals surface area contributed by atoms with E-state index in [2.05, 4.69) is 21.3 Å². The van der Waals surface area contributed by atoms with Gasteiger partial charge in [-0.15, -0.1) is 0 Å². The standard InChI is InChI=1S/C27H30Cl2N6O/c1-16-18-10-11-22-25(34(2)27(32-22)33-24-19(28)7-3-8-20(24)29)23(18)26(36)31-21(16)9-5-13-35-12-4-6-17(14-30)15-35/h3,5,7-11,17H,4,6,12-15,30H2,1-2H3,(H,31,36)(H,32,33)/b9-5+. The molecule has 2 aromatic carbocycles. The number of hydrogen-bond acceptors (Lipinski definition) is 5. The van der Waals surface area contributed by atoms with Gasteiger partial charge in [-0.1, -0.05) is 41.4 Å². The lowest BCUT2D eigenvalue weighted by atomic mass is 9.98. The van der Waals surface area contributed by atoms with Crippen molar-refractivity contribution >= 4 is 62.7 Å². The summed E-state index contributed by atoms with van der Waals surface area (Å²) in [7, 11) is 1.87. The van der Waals surface area contributed by atoms with Crippen LogP contribution in [0.15, 0.2) is 41.2 Å². The molecule has 0 spiro atoms. The maximum atomic E-state index is 13.3. The quantitative estimate of drug-likeness (QED) is 0.311. The van der Waals surface area contributed by atoms with Crippen LogP contribution >= 0.6 is 23.2 Å². The number of fused-ring (bicyclic) bond motifs is 3. The van der Waals surface area contributed by atoms with E-state index in [4.69, 9.17) is 33.9 Å². The summed E-state index contributed by atoms with van der Waals surface area (Å²) in [6, 6.07) is 9.22. The second-order valence-electron chi connectivity index (χ2n) is 9.47. The van der Waals surface area contributed by atoms with Gasteiger partial charge in [-0.3, -0.25) is 9.69 Å². The zero-order valence-corrected chi connectivity index (χ0v) is 22.0. The molecular weight excluding hydrogens is 495 g/mol. The smallest absolute Gasteiger partial charge is 0.258 e. The monoisotopic (exact) mass is 524 g/mol. The number of aryl methyl sites for hydroxylation is 2. The molecule has 0 amide bonds. The molecule has 9 heteroatoms. The first-order valence-electron chi connectivity index (χ1n) is 12.2. The van der Waals surface area contributed by atoms with Crippen LogP contribution < -0.4 is 16.6 Å². The first-order valence-corrected chi connectivity index (χ1v) is 12.9. The number of halogens is 2. The molecule has 1 saturated heterocycles. The summed E-state index contributed by atoms with van der Waals surface area (Å²) in [5, 5.41) is 5.72. The third-order valence-electron chi connectivity index (χ3n) is 7.10. The van der Waals surface area contributed by atoms with E-state index in [1.807, 2.05) is 36.7 Å². The number of aromatic amines is 1. The van der Waals surface area contributed by atoms with E-state index in [0.29, 0.717) is 38.5 Å². The highest BCUT2D eigenvalue weighted by Gasteiger charge is 2.19. The Morgan fingerprint density at radius 3 is 2.78 bits per heavy atom. The zero-order valence-electron chi connectivity index (χ0n) is 20.4. The molecule has 1 atom stereocenters. The fourth-order valence-corrected chi connectivity index (χ4v) is 5.60. The first-order chi connectivity index (χ1) is 17.4. The van der Waals surface area contributed by atoms with Crippen molar-refractivity contribution < 1.29 is 0 Å². The number of pyridine rings is 1. The van der Waals surface area contributed by atoms with E-state index in [9.17, 15) is 4.79 Å². The van der Waals surface area contributed by atoms with E-state index < -0.39 is 0 Å². The van der Waals surface area contributed by atoms with Crippen LogP contribution in [0.4, 0.5) is 11.6 Å². The number of likely N-dealkylation sites (tertiary alicyclic amines) is 1. The van der Waals surface area contributed by atoms with Gasteiger partial charge in [0, 0.05) is 25.8 Å². The molecule has 2 aromatic heterocycles. The summed E-state index contributed by atoms with van der Waals surface area (Å²) >= 11 is 12.7. The molecule has 1 aliphatic heterocycles. The number of rotatable bonds is 6. The van der Waals surface area contributed by atoms with Gasteiger partial charge in [0.2, 0.25) is 5.95 Å². The number of nitrogens with zero attached hydrogens (tertiary/aromatic N) is 3. The minimum Gasteiger partial charge on any atom is -0.330 e. The number of aromatic nitrogens is 3. The summed E-state index contributed by atoms with van der Waals surface area (Å²) in [6.45, 7) is 5.73. The lowest BCUT2D eigenvalue weighted by Gasteiger charge is -2.31. The van der Waals surface area contributed by atoms with Gasteiger partial charge in [0.05, 0.1) is 32.2 Å². The SMILES string of the molecule is Cc1c(/C=C/CN2CCCC(CN)C2)[nH]c(=O)c2c1ccc1nc(Nc3c(Cl)cccc3Cl)n(C)c12. The summed E-state index contributed by atoms with van der Waals surface area (Å²) < 4.78 is 1.87. The molecule has 1 fully saturated rings. The Kier molecular flexibility index (Phi) is 7.08. The average Bonchev–Trinajstić information content (AvgIpc) is 3.19. The molecule has 7 nitrogen and oxygen atoms in total. The number of nitrogens with one attached hydrogen (secondary N) is 2. The van der Waals surface area contributed by atoms with Crippen molar-refractivity contribution in [3.8, 4) is 0 Å². The topological polar surface area (TPSA) is 92.0 Å². The molecule has 4 N–H and O–H groups in total. The number of anilines is 2. The average molecular weight is 525 g/mol. The molecule has 0 aliphatic carbocycles. The summed E-state index contributed by atoms with van der Waals surface area (Å²) in [5.41, 5.74) is 9.60. The minimum absolute atomic E-state index is 0.146. The van der Waals surface area contributed by atoms with Crippen LogP contribution in [0, 0.1) is 12.8 Å². The number of para-hydroxylation sites is 1. The number of H-pyrrole nitrogens is 1. The van der Waals surface area contributed by atoms with Gasteiger partial charge in [-0.25, -0.2) is 4.98 Å². The van der Waals surface area contributed by atoms with Crippen molar-refractivity contribution in [2.45, 2.75) is 19.8 Å². The minimum atomic E-state index is -0.146. The van der Waals surface area contributed by atoms with Gasteiger partial charge in [0.25, 0.3) is 5.56 Å². The second kappa shape index (κ2) is 10.3. The molecule has 3 heterocycles. The van der Waals surface area contributed by atoms with E-state index in [1.54, 1.807) is 18.2 Å². The number of imidazole rings is 1. The highest BCUT2D eigenvalue weighted by molar-refractivity contribution is 6.39. The molecule has 188 valence electrons. The fraction of sp³-hybridized carbons (Fsp3) is 0.333. The Balaban J connectivity index is 1.49. The van der Waals surface area contributed by atoms with Crippen LogP contribution in [-0.2, 0) is 7.05 Å². The Labute approximate surface area is 219 Å². The zero-order chi connectivity index (χ0) is 25.4. The Bertz CT molecular complexity index is 1500. The van der Waals surface area contributed by atoms with Gasteiger partial charge in [0.15, 0.2) is 0 Å². The van der Waals surface area contributed by atoms with Crippen LogP contribution in [-0.4, -0.2) is 45.6 Å².